The summed E-state index contributed by atoms with van der Waals surface area (Å²) in [7, 11) is -2.51. The maximum atomic E-state index is 14.6. The number of hydrogen-bond acceptors (Lipinski definition) is 7. The maximum absolute atomic E-state index is 14.6. The number of benzene rings is 1. The summed E-state index contributed by atoms with van der Waals surface area (Å²) in [5, 5.41) is 12.9. The van der Waals surface area contributed by atoms with Crippen molar-refractivity contribution in [2.75, 3.05) is 29.5 Å². The van der Waals surface area contributed by atoms with Crippen LogP contribution in [0.2, 0.25) is 0 Å². The Kier molecular flexibility index (Phi) is 7.09. The van der Waals surface area contributed by atoms with Crippen molar-refractivity contribution in [3.8, 4) is 16.5 Å². The van der Waals surface area contributed by atoms with Crippen molar-refractivity contribution in [1.82, 2.24) is 10.3 Å². The van der Waals surface area contributed by atoms with E-state index in [1.54, 1.807) is 0 Å². The van der Waals surface area contributed by atoms with E-state index in [4.69, 9.17) is 4.98 Å². The van der Waals surface area contributed by atoms with Gasteiger partial charge < -0.3 is 10.2 Å². The lowest BCUT2D eigenvalue weighted by molar-refractivity contribution is -0.128. The van der Waals surface area contributed by atoms with Gasteiger partial charge in [-0.15, -0.1) is 11.3 Å². The molecule has 6 rings (SSSR count). The molecule has 0 radical (unpaired) electrons. The second-order valence-electron chi connectivity index (χ2n) is 11.8. The van der Waals surface area contributed by atoms with E-state index in [0.29, 0.717) is 61.0 Å². The number of alkyl halides is 3. The largest absolute Gasteiger partial charge is 0.368 e. The van der Waals surface area contributed by atoms with Gasteiger partial charge in [0.25, 0.3) is 0 Å². The normalized spacial score (nSPS) is 29.6. The first-order valence-corrected chi connectivity index (χ1v) is 16.5. The van der Waals surface area contributed by atoms with Crippen molar-refractivity contribution >= 4 is 33.5 Å². The molecule has 3 atom stereocenters. The van der Waals surface area contributed by atoms with Gasteiger partial charge in [-0.1, -0.05) is 12.1 Å². The lowest BCUT2D eigenvalue weighted by atomic mass is 9.75. The van der Waals surface area contributed by atoms with Gasteiger partial charge in [-0.3, -0.25) is 13.9 Å². The van der Waals surface area contributed by atoms with Gasteiger partial charge in [0.15, 0.2) is 0 Å². The van der Waals surface area contributed by atoms with Crippen LogP contribution in [0.1, 0.15) is 67.5 Å². The topological polar surface area (TPSA) is 109 Å². The van der Waals surface area contributed by atoms with Crippen molar-refractivity contribution in [3.05, 3.63) is 35.0 Å². The molecule has 3 aliphatic carbocycles. The minimum atomic E-state index is -2.69. The SMILES string of the molecule is N#CC1(NC(=O)[C@@H]2C[C@@H](F)CC[C@H]2c2nc(C3CC(F)(F)C3)sc2-c2ccc(N3CCS(O)(O)CC3)cc2)CC1. The number of hydrogen-bond donors (Lipinski definition) is 3. The van der Waals surface area contributed by atoms with E-state index < -0.39 is 34.1 Å². The molecule has 1 aromatic carbocycles. The minimum absolute atomic E-state index is 0.0406. The second-order valence-corrected chi connectivity index (χ2v) is 15.2. The zero-order chi connectivity index (χ0) is 28.3. The molecule has 1 saturated heterocycles. The van der Waals surface area contributed by atoms with E-state index in [9.17, 15) is 32.3 Å². The third-order valence-corrected chi connectivity index (χ3v) is 11.7. The first-order chi connectivity index (χ1) is 19.0. The predicted molar refractivity (Wildman–Crippen MR) is 150 cm³/mol. The molecule has 0 unspecified atom stereocenters. The molecule has 2 heterocycles. The number of rotatable bonds is 6. The fourth-order valence-corrected chi connectivity index (χ4v) is 8.55. The second kappa shape index (κ2) is 10.2. The fraction of sp³-hybridized carbons (Fsp3) is 0.607. The molecule has 1 aromatic heterocycles. The molecule has 4 fully saturated rings. The summed E-state index contributed by atoms with van der Waals surface area (Å²) < 4.78 is 62.0. The van der Waals surface area contributed by atoms with Gasteiger partial charge in [-0.2, -0.15) is 15.9 Å². The van der Waals surface area contributed by atoms with Crippen LogP contribution in [0.25, 0.3) is 10.4 Å². The Morgan fingerprint density at radius 3 is 2.42 bits per heavy atom. The molecule has 3 saturated carbocycles. The van der Waals surface area contributed by atoms with Gasteiger partial charge in [0, 0.05) is 49.4 Å². The summed E-state index contributed by atoms with van der Waals surface area (Å²) in [4.78, 5) is 21.1. The highest BCUT2D eigenvalue weighted by Gasteiger charge is 2.50. The van der Waals surface area contributed by atoms with Crippen molar-refractivity contribution in [2.24, 2.45) is 5.92 Å². The van der Waals surface area contributed by atoms with Crippen molar-refractivity contribution in [1.29, 1.82) is 5.26 Å². The van der Waals surface area contributed by atoms with Gasteiger partial charge in [-0.05, 0) is 49.8 Å². The zero-order valence-electron chi connectivity index (χ0n) is 22.0. The highest BCUT2D eigenvalue weighted by molar-refractivity contribution is 8.24. The highest BCUT2D eigenvalue weighted by atomic mass is 32.3. The highest BCUT2D eigenvalue weighted by Crippen LogP contribution is 2.53. The van der Waals surface area contributed by atoms with E-state index in [-0.39, 0.29) is 37.0 Å². The molecular weight excluding hydrogens is 561 g/mol. The maximum Gasteiger partial charge on any atom is 0.249 e. The van der Waals surface area contributed by atoms with E-state index in [1.807, 2.05) is 24.3 Å². The number of thiazole rings is 1. The molecule has 216 valence electrons. The first-order valence-electron chi connectivity index (χ1n) is 13.8. The molecule has 3 N–H and O–H groups in total. The molecular formula is C28H33F3N4O3S2. The third kappa shape index (κ3) is 5.58. The number of nitrogens with one attached hydrogen (secondary N) is 1. The Bertz CT molecular complexity index is 1310. The number of halogens is 3. The summed E-state index contributed by atoms with van der Waals surface area (Å²) in [6.45, 7) is 1.09. The Morgan fingerprint density at radius 1 is 1.15 bits per heavy atom. The van der Waals surface area contributed by atoms with Crippen molar-refractivity contribution in [2.45, 2.75) is 74.4 Å². The molecule has 1 amide bonds. The molecule has 2 aromatic rings. The number of amides is 1. The Hall–Kier alpha value is -2.33. The third-order valence-electron chi connectivity index (χ3n) is 8.78. The van der Waals surface area contributed by atoms with Crippen LogP contribution in [0.4, 0.5) is 18.9 Å². The number of carbonyl (C=O) groups is 1. The average molecular weight is 595 g/mol. The van der Waals surface area contributed by atoms with Gasteiger partial charge >= 0.3 is 0 Å². The van der Waals surface area contributed by atoms with E-state index in [0.717, 1.165) is 16.1 Å². The summed E-state index contributed by atoms with van der Waals surface area (Å²) in [6.07, 6.45) is 0.271. The van der Waals surface area contributed by atoms with Crippen molar-refractivity contribution < 1.29 is 27.1 Å². The summed E-state index contributed by atoms with van der Waals surface area (Å²) >= 11 is 1.38. The summed E-state index contributed by atoms with van der Waals surface area (Å²) in [5.41, 5.74) is 1.59. The lowest BCUT2D eigenvalue weighted by Crippen LogP contribution is -2.44. The molecule has 4 aliphatic rings. The number of aromatic nitrogens is 1. The zero-order valence-corrected chi connectivity index (χ0v) is 23.6. The Labute approximate surface area is 237 Å². The standard InChI is InChI=1S/C28H33F3N4O3S2/c29-19-3-6-21(22(13-19)25(36)34-27(16-32)7-8-27)23-24(39-26(33-23)18-14-28(30,31)15-18)17-1-4-20(5-2-17)35-9-11-40(37,38)12-10-35/h1-2,4-5,18-19,21-22,37-38H,3,6-15H2,(H,34,36)/t19-,21+,22+/m0/s1. The van der Waals surface area contributed by atoms with Gasteiger partial charge in [0.1, 0.15) is 11.7 Å². The molecule has 40 heavy (non-hydrogen) atoms. The van der Waals surface area contributed by atoms with Gasteiger partial charge in [0.2, 0.25) is 11.8 Å². The summed E-state index contributed by atoms with van der Waals surface area (Å²) in [5.74, 6) is -3.80. The Morgan fingerprint density at radius 2 is 1.82 bits per heavy atom. The van der Waals surface area contributed by atoms with E-state index >= 15 is 0 Å². The monoisotopic (exact) mass is 594 g/mol. The number of nitriles is 1. The number of nitrogens with zero attached hydrogens (tertiary/aromatic N) is 3. The van der Waals surface area contributed by atoms with E-state index in [1.165, 1.54) is 11.3 Å². The quantitative estimate of drug-likeness (QED) is 0.363. The summed E-state index contributed by atoms with van der Waals surface area (Å²) in [6, 6.07) is 9.97. The van der Waals surface area contributed by atoms with Crippen LogP contribution >= 0.6 is 21.9 Å². The van der Waals surface area contributed by atoms with Crippen LogP contribution in [0.5, 0.6) is 0 Å². The first kappa shape index (κ1) is 27.8. The van der Waals surface area contributed by atoms with Crippen LogP contribution < -0.4 is 10.2 Å². The van der Waals surface area contributed by atoms with E-state index in [2.05, 4.69) is 16.3 Å². The Balaban J connectivity index is 1.31. The minimum Gasteiger partial charge on any atom is -0.368 e. The van der Waals surface area contributed by atoms with Gasteiger partial charge in [0.05, 0.1) is 33.2 Å². The van der Waals surface area contributed by atoms with Crippen LogP contribution in [-0.2, 0) is 4.79 Å². The average Bonchev–Trinajstić information content (AvgIpc) is 3.54. The predicted octanol–water partition coefficient (Wildman–Crippen LogP) is 6.29. The fourth-order valence-electron chi connectivity index (χ4n) is 6.08. The lowest BCUT2D eigenvalue weighted by Gasteiger charge is -2.41. The van der Waals surface area contributed by atoms with Crippen molar-refractivity contribution in [3.63, 3.8) is 0 Å². The molecule has 1 aliphatic heterocycles. The van der Waals surface area contributed by atoms with Crippen LogP contribution in [0.3, 0.4) is 0 Å². The van der Waals surface area contributed by atoms with Crippen LogP contribution in [0.15, 0.2) is 24.3 Å². The molecule has 0 bridgehead atoms. The number of carbonyl (C=O) groups excluding carboxylic acids is 1. The molecule has 7 nitrogen and oxygen atoms in total. The number of anilines is 1. The van der Waals surface area contributed by atoms with Crippen LogP contribution in [-0.4, -0.2) is 62.2 Å². The smallest absolute Gasteiger partial charge is 0.249 e. The van der Waals surface area contributed by atoms with Gasteiger partial charge in [-0.25, -0.2) is 18.2 Å². The molecule has 12 heteroatoms. The van der Waals surface area contributed by atoms with Crippen LogP contribution in [0, 0.1) is 17.2 Å². The molecule has 0 spiro atoms.